The molecule has 1 N–H and O–H groups in total. The van der Waals surface area contributed by atoms with Crippen LogP contribution in [0.25, 0.3) is 0 Å². The Labute approximate surface area is 137 Å². The fourth-order valence-electron chi connectivity index (χ4n) is 2.42. The van der Waals surface area contributed by atoms with E-state index in [1.165, 1.54) is 5.56 Å². The highest BCUT2D eigenvalue weighted by Crippen LogP contribution is 2.24. The standard InChI is InChI=1S/C19H23NO3/c1-13-5-7-15(8-6-13)14(2)20-19(21)12-16-11-17(22-3)9-10-18(16)23-4/h5-11,14H,12H2,1-4H3,(H,20,21). The zero-order valence-corrected chi connectivity index (χ0v) is 14.1. The van der Waals surface area contributed by atoms with Gasteiger partial charge in [-0.05, 0) is 37.6 Å². The van der Waals surface area contributed by atoms with Crippen molar-refractivity contribution in [3.8, 4) is 11.5 Å². The average molecular weight is 313 g/mol. The summed E-state index contributed by atoms with van der Waals surface area (Å²) in [4.78, 5) is 12.3. The molecular weight excluding hydrogens is 290 g/mol. The van der Waals surface area contributed by atoms with Gasteiger partial charge in [0.05, 0.1) is 26.7 Å². The molecule has 0 bridgehead atoms. The van der Waals surface area contributed by atoms with Crippen LogP contribution in [0.3, 0.4) is 0 Å². The fourth-order valence-corrected chi connectivity index (χ4v) is 2.42. The predicted octanol–water partition coefficient (Wildman–Crippen LogP) is 3.43. The maximum Gasteiger partial charge on any atom is 0.225 e. The lowest BCUT2D eigenvalue weighted by Crippen LogP contribution is -2.28. The molecule has 0 radical (unpaired) electrons. The third kappa shape index (κ3) is 4.49. The van der Waals surface area contributed by atoms with Crippen LogP contribution in [-0.2, 0) is 11.2 Å². The molecule has 0 aliphatic rings. The number of hydrogen-bond acceptors (Lipinski definition) is 3. The number of carbonyl (C=O) groups is 1. The minimum absolute atomic E-state index is 0.0419. The van der Waals surface area contributed by atoms with E-state index in [9.17, 15) is 4.79 Å². The lowest BCUT2D eigenvalue weighted by molar-refractivity contribution is -0.121. The van der Waals surface area contributed by atoms with Crippen molar-refractivity contribution in [2.24, 2.45) is 0 Å². The third-order valence-corrected chi connectivity index (χ3v) is 3.79. The number of carbonyl (C=O) groups excluding carboxylic acids is 1. The first-order chi connectivity index (χ1) is 11.0. The summed E-state index contributed by atoms with van der Waals surface area (Å²) in [6, 6.07) is 13.6. The third-order valence-electron chi connectivity index (χ3n) is 3.79. The van der Waals surface area contributed by atoms with Crippen LogP contribution in [0, 0.1) is 6.92 Å². The SMILES string of the molecule is COc1ccc(OC)c(CC(=O)NC(C)c2ccc(C)cc2)c1. The normalized spacial score (nSPS) is 11.7. The van der Waals surface area contributed by atoms with Gasteiger partial charge in [-0.15, -0.1) is 0 Å². The zero-order valence-electron chi connectivity index (χ0n) is 14.1. The summed E-state index contributed by atoms with van der Waals surface area (Å²) in [6.07, 6.45) is 0.247. The van der Waals surface area contributed by atoms with E-state index >= 15 is 0 Å². The number of amides is 1. The summed E-state index contributed by atoms with van der Waals surface area (Å²) in [6.45, 7) is 4.02. The molecule has 4 nitrogen and oxygen atoms in total. The Morgan fingerprint density at radius 1 is 1.09 bits per heavy atom. The molecule has 0 aliphatic heterocycles. The summed E-state index contributed by atoms with van der Waals surface area (Å²) in [7, 11) is 3.20. The van der Waals surface area contributed by atoms with Crippen LogP contribution < -0.4 is 14.8 Å². The molecule has 122 valence electrons. The van der Waals surface area contributed by atoms with Crippen molar-refractivity contribution in [1.29, 1.82) is 0 Å². The molecule has 23 heavy (non-hydrogen) atoms. The highest BCUT2D eigenvalue weighted by atomic mass is 16.5. The number of nitrogens with one attached hydrogen (secondary N) is 1. The lowest BCUT2D eigenvalue weighted by atomic mass is 10.1. The summed E-state index contributed by atoms with van der Waals surface area (Å²) < 4.78 is 10.5. The molecule has 2 aromatic rings. The number of ether oxygens (including phenoxy) is 2. The molecule has 0 heterocycles. The smallest absolute Gasteiger partial charge is 0.225 e. The molecule has 1 atom stereocenters. The predicted molar refractivity (Wildman–Crippen MR) is 91.0 cm³/mol. The topological polar surface area (TPSA) is 47.6 Å². The van der Waals surface area contributed by atoms with Gasteiger partial charge >= 0.3 is 0 Å². The van der Waals surface area contributed by atoms with E-state index in [0.717, 1.165) is 11.1 Å². The summed E-state index contributed by atoms with van der Waals surface area (Å²) in [5.41, 5.74) is 3.09. The Morgan fingerprint density at radius 2 is 1.78 bits per heavy atom. The number of rotatable bonds is 6. The second kappa shape index (κ2) is 7.68. The van der Waals surface area contributed by atoms with Crippen LogP contribution in [0.5, 0.6) is 11.5 Å². The van der Waals surface area contributed by atoms with Crippen molar-refractivity contribution < 1.29 is 14.3 Å². The fraction of sp³-hybridized carbons (Fsp3) is 0.316. The Bertz CT molecular complexity index is 665. The summed E-state index contributed by atoms with van der Waals surface area (Å²) >= 11 is 0. The molecule has 0 fully saturated rings. The van der Waals surface area contributed by atoms with Gasteiger partial charge in [-0.1, -0.05) is 29.8 Å². The van der Waals surface area contributed by atoms with Crippen molar-refractivity contribution in [3.63, 3.8) is 0 Å². The second-order valence-corrected chi connectivity index (χ2v) is 5.55. The minimum Gasteiger partial charge on any atom is -0.497 e. The number of aryl methyl sites for hydroxylation is 1. The van der Waals surface area contributed by atoms with Gasteiger partial charge in [-0.2, -0.15) is 0 Å². The van der Waals surface area contributed by atoms with Gasteiger partial charge in [-0.3, -0.25) is 4.79 Å². The van der Waals surface area contributed by atoms with Crippen molar-refractivity contribution >= 4 is 5.91 Å². The van der Waals surface area contributed by atoms with Gasteiger partial charge in [-0.25, -0.2) is 0 Å². The first-order valence-corrected chi connectivity index (χ1v) is 7.60. The first kappa shape index (κ1) is 16.9. The molecule has 0 saturated carbocycles. The molecule has 1 amide bonds. The highest BCUT2D eigenvalue weighted by molar-refractivity contribution is 5.80. The maximum atomic E-state index is 12.3. The van der Waals surface area contributed by atoms with Gasteiger partial charge in [0.15, 0.2) is 0 Å². The van der Waals surface area contributed by atoms with E-state index in [4.69, 9.17) is 9.47 Å². The van der Waals surface area contributed by atoms with Crippen LogP contribution in [0.2, 0.25) is 0 Å². The summed E-state index contributed by atoms with van der Waals surface area (Å²) in [5, 5.41) is 3.02. The maximum absolute atomic E-state index is 12.3. The van der Waals surface area contributed by atoms with E-state index in [0.29, 0.717) is 11.5 Å². The second-order valence-electron chi connectivity index (χ2n) is 5.55. The van der Waals surface area contributed by atoms with Crippen molar-refractivity contribution in [1.82, 2.24) is 5.32 Å². The van der Waals surface area contributed by atoms with E-state index in [-0.39, 0.29) is 18.4 Å². The van der Waals surface area contributed by atoms with Gasteiger partial charge in [0, 0.05) is 5.56 Å². The van der Waals surface area contributed by atoms with Crippen molar-refractivity contribution in [2.45, 2.75) is 26.3 Å². The van der Waals surface area contributed by atoms with Gasteiger partial charge in [0.1, 0.15) is 11.5 Å². The largest absolute Gasteiger partial charge is 0.497 e. The van der Waals surface area contributed by atoms with Gasteiger partial charge in [0.25, 0.3) is 0 Å². The molecule has 0 aromatic heterocycles. The van der Waals surface area contributed by atoms with Crippen LogP contribution in [-0.4, -0.2) is 20.1 Å². The number of benzene rings is 2. The van der Waals surface area contributed by atoms with Crippen LogP contribution >= 0.6 is 0 Å². The number of hydrogen-bond donors (Lipinski definition) is 1. The molecule has 0 aliphatic carbocycles. The lowest BCUT2D eigenvalue weighted by Gasteiger charge is -2.16. The Hall–Kier alpha value is -2.49. The first-order valence-electron chi connectivity index (χ1n) is 7.60. The molecule has 2 rings (SSSR count). The molecule has 0 saturated heterocycles. The summed E-state index contributed by atoms with van der Waals surface area (Å²) in [5.74, 6) is 1.34. The Balaban J connectivity index is 2.05. The van der Waals surface area contributed by atoms with Crippen molar-refractivity contribution in [2.75, 3.05) is 14.2 Å². The quantitative estimate of drug-likeness (QED) is 0.889. The molecular formula is C19H23NO3. The molecule has 0 spiro atoms. The van der Waals surface area contributed by atoms with Crippen molar-refractivity contribution in [3.05, 3.63) is 59.2 Å². The monoisotopic (exact) mass is 313 g/mol. The highest BCUT2D eigenvalue weighted by Gasteiger charge is 2.13. The molecule has 1 unspecified atom stereocenters. The Morgan fingerprint density at radius 3 is 2.39 bits per heavy atom. The Kier molecular flexibility index (Phi) is 5.63. The van der Waals surface area contributed by atoms with Gasteiger partial charge in [0.2, 0.25) is 5.91 Å². The van der Waals surface area contributed by atoms with Crippen LogP contribution in [0.15, 0.2) is 42.5 Å². The van der Waals surface area contributed by atoms with Crippen LogP contribution in [0.1, 0.15) is 29.7 Å². The molecule has 4 heteroatoms. The van der Waals surface area contributed by atoms with Crippen LogP contribution in [0.4, 0.5) is 0 Å². The average Bonchev–Trinajstić information content (AvgIpc) is 2.55. The minimum atomic E-state index is -0.0513. The van der Waals surface area contributed by atoms with E-state index in [1.54, 1.807) is 14.2 Å². The number of methoxy groups -OCH3 is 2. The van der Waals surface area contributed by atoms with Gasteiger partial charge < -0.3 is 14.8 Å². The van der Waals surface area contributed by atoms with E-state index in [1.807, 2.05) is 56.3 Å². The van der Waals surface area contributed by atoms with E-state index < -0.39 is 0 Å². The van der Waals surface area contributed by atoms with E-state index in [2.05, 4.69) is 5.32 Å². The molecule has 2 aromatic carbocycles. The zero-order chi connectivity index (χ0) is 16.8.